The van der Waals surface area contributed by atoms with Crippen LogP contribution in [0.15, 0.2) is 48.5 Å². The number of carbonyl (C=O) groups is 3. The molecule has 0 aromatic heterocycles. The molecule has 0 aliphatic heterocycles. The van der Waals surface area contributed by atoms with Gasteiger partial charge in [-0.2, -0.15) is 0 Å². The van der Waals surface area contributed by atoms with E-state index in [0.29, 0.717) is 0 Å². The molecule has 8 nitrogen and oxygen atoms in total. The van der Waals surface area contributed by atoms with E-state index in [-0.39, 0.29) is 25.4 Å². The molecule has 3 rings (SSSR count). The van der Waals surface area contributed by atoms with Gasteiger partial charge in [0.1, 0.15) is 12.6 Å². The number of likely N-dealkylation sites (N-methyl/N-ethyl adjacent to an activating group) is 1. The zero-order chi connectivity index (χ0) is 25.0. The van der Waals surface area contributed by atoms with Crippen LogP contribution >= 0.6 is 0 Å². The van der Waals surface area contributed by atoms with Gasteiger partial charge >= 0.3 is 12.1 Å². The number of hydrogen-bond acceptors (Lipinski definition) is 5. The van der Waals surface area contributed by atoms with Gasteiger partial charge < -0.3 is 25.2 Å². The van der Waals surface area contributed by atoms with E-state index < -0.39 is 35.7 Å². The van der Waals surface area contributed by atoms with Gasteiger partial charge in [0.05, 0.1) is 11.6 Å². The number of alkyl carbamates (subject to hydrolysis) is 1. The molecule has 2 unspecified atom stereocenters. The average Bonchev–Trinajstić information content (AvgIpc) is 3.12. The molecule has 0 heterocycles. The number of aliphatic carboxylic acids is 1. The number of carbonyl (C=O) groups excluding carboxylic acids is 2. The molecule has 34 heavy (non-hydrogen) atoms. The van der Waals surface area contributed by atoms with Gasteiger partial charge in [0.2, 0.25) is 5.91 Å². The predicted octanol–water partition coefficient (Wildman–Crippen LogP) is 3.38. The monoisotopic (exact) mass is 468 g/mol. The first-order valence-electron chi connectivity index (χ1n) is 11.3. The maximum absolute atomic E-state index is 13.0. The fourth-order valence-corrected chi connectivity index (χ4v) is 4.22. The maximum Gasteiger partial charge on any atom is 0.407 e. The Hall–Kier alpha value is -3.39. The standard InChI is InChI=1S/C26H32N2O6/c1-16(26(2,3)33)28(4)24(31)22(13-14-23(29)30)27-25(32)34-15-21-19-11-7-5-9-17(19)18-10-6-8-12-20(18)21/h5-12,16,21-22,33H,13-15H2,1-4H3,(H,27,32)(H,29,30). The zero-order valence-electron chi connectivity index (χ0n) is 19.9. The van der Waals surface area contributed by atoms with Crippen LogP contribution in [0.4, 0.5) is 4.79 Å². The average molecular weight is 469 g/mol. The highest BCUT2D eigenvalue weighted by atomic mass is 16.5. The summed E-state index contributed by atoms with van der Waals surface area (Å²) in [4.78, 5) is 38.1. The number of carboxylic acid groups (broad SMARTS) is 1. The Kier molecular flexibility index (Phi) is 7.61. The summed E-state index contributed by atoms with van der Waals surface area (Å²) in [5.41, 5.74) is 3.15. The normalized spacial score (nSPS) is 14.5. The van der Waals surface area contributed by atoms with Crippen LogP contribution in [0.2, 0.25) is 0 Å². The van der Waals surface area contributed by atoms with Crippen LogP contribution in [0, 0.1) is 0 Å². The van der Waals surface area contributed by atoms with E-state index in [4.69, 9.17) is 9.84 Å². The van der Waals surface area contributed by atoms with E-state index in [1.165, 1.54) is 11.9 Å². The van der Waals surface area contributed by atoms with E-state index in [1.807, 2.05) is 48.5 Å². The van der Waals surface area contributed by atoms with Crippen molar-refractivity contribution in [2.24, 2.45) is 0 Å². The lowest BCUT2D eigenvalue weighted by Crippen LogP contribution is -2.55. The van der Waals surface area contributed by atoms with E-state index in [9.17, 15) is 19.5 Å². The van der Waals surface area contributed by atoms with Crippen LogP contribution in [-0.2, 0) is 14.3 Å². The molecule has 2 amide bonds. The maximum atomic E-state index is 13.0. The quantitative estimate of drug-likeness (QED) is 0.520. The topological polar surface area (TPSA) is 116 Å². The van der Waals surface area contributed by atoms with Gasteiger partial charge in [0.25, 0.3) is 0 Å². The third-order valence-corrected chi connectivity index (χ3v) is 6.53. The molecule has 0 spiro atoms. The molecular weight excluding hydrogens is 436 g/mol. The minimum atomic E-state index is -1.18. The van der Waals surface area contributed by atoms with Crippen molar-refractivity contribution in [3.63, 3.8) is 0 Å². The molecule has 0 saturated heterocycles. The lowest BCUT2D eigenvalue weighted by molar-refractivity contribution is -0.140. The summed E-state index contributed by atoms with van der Waals surface area (Å²) in [6, 6.07) is 14.3. The first kappa shape index (κ1) is 25.2. The van der Waals surface area contributed by atoms with Crippen molar-refractivity contribution in [3.8, 4) is 11.1 Å². The van der Waals surface area contributed by atoms with Crippen molar-refractivity contribution in [1.29, 1.82) is 0 Å². The van der Waals surface area contributed by atoms with Gasteiger partial charge in [-0.15, -0.1) is 0 Å². The molecule has 2 atom stereocenters. The number of fused-ring (bicyclic) bond motifs is 3. The van der Waals surface area contributed by atoms with Crippen molar-refractivity contribution < 1.29 is 29.3 Å². The number of rotatable bonds is 9. The smallest absolute Gasteiger partial charge is 0.407 e. The highest BCUT2D eigenvalue weighted by molar-refractivity contribution is 5.86. The van der Waals surface area contributed by atoms with Crippen LogP contribution in [0.5, 0.6) is 0 Å². The minimum absolute atomic E-state index is 0.0790. The number of nitrogens with zero attached hydrogens (tertiary/aromatic N) is 1. The van der Waals surface area contributed by atoms with Crippen LogP contribution in [0.1, 0.15) is 50.7 Å². The van der Waals surface area contributed by atoms with Gasteiger partial charge in [-0.3, -0.25) is 9.59 Å². The van der Waals surface area contributed by atoms with Gasteiger partial charge in [0, 0.05) is 19.4 Å². The number of nitrogens with one attached hydrogen (secondary N) is 1. The van der Waals surface area contributed by atoms with Gasteiger partial charge in [-0.05, 0) is 49.4 Å². The van der Waals surface area contributed by atoms with Crippen molar-refractivity contribution in [2.45, 2.75) is 57.2 Å². The Balaban J connectivity index is 1.70. The lowest BCUT2D eigenvalue weighted by atomic mass is 9.98. The Morgan fingerprint density at radius 3 is 2.09 bits per heavy atom. The second kappa shape index (κ2) is 10.3. The molecular formula is C26H32N2O6. The molecule has 182 valence electrons. The molecule has 3 N–H and O–H groups in total. The molecule has 1 aliphatic rings. The van der Waals surface area contributed by atoms with Crippen LogP contribution in [0.25, 0.3) is 11.1 Å². The van der Waals surface area contributed by atoms with Gasteiger partial charge in [0.15, 0.2) is 0 Å². The van der Waals surface area contributed by atoms with E-state index in [2.05, 4.69) is 5.32 Å². The third kappa shape index (κ3) is 5.56. The summed E-state index contributed by atoms with van der Waals surface area (Å²) in [5, 5.41) is 21.9. The Labute approximate surface area is 199 Å². The SMILES string of the molecule is CC(N(C)C(=O)C(CCC(=O)O)NC(=O)OCC1c2ccccc2-c2ccccc21)C(C)(C)O. The Morgan fingerprint density at radius 1 is 1.06 bits per heavy atom. The number of hydrogen-bond donors (Lipinski definition) is 3. The van der Waals surface area contributed by atoms with Gasteiger partial charge in [-0.25, -0.2) is 4.79 Å². The molecule has 0 fully saturated rings. The molecule has 0 saturated carbocycles. The number of aliphatic hydroxyl groups is 1. The van der Waals surface area contributed by atoms with Crippen LogP contribution in [-0.4, -0.2) is 64.4 Å². The third-order valence-electron chi connectivity index (χ3n) is 6.53. The fraction of sp³-hybridized carbons (Fsp3) is 0.423. The molecule has 0 radical (unpaired) electrons. The molecule has 2 aromatic carbocycles. The van der Waals surface area contributed by atoms with Crippen LogP contribution in [0.3, 0.4) is 0 Å². The molecule has 8 heteroatoms. The summed E-state index contributed by atoms with van der Waals surface area (Å²) >= 11 is 0. The summed E-state index contributed by atoms with van der Waals surface area (Å²) in [6.45, 7) is 4.91. The first-order valence-corrected chi connectivity index (χ1v) is 11.3. The van der Waals surface area contributed by atoms with Crippen molar-refractivity contribution in [3.05, 3.63) is 59.7 Å². The second-order valence-electron chi connectivity index (χ2n) is 9.23. The molecule has 1 aliphatic carbocycles. The van der Waals surface area contributed by atoms with Gasteiger partial charge in [-0.1, -0.05) is 48.5 Å². The van der Waals surface area contributed by atoms with Crippen LogP contribution < -0.4 is 5.32 Å². The molecule has 0 bridgehead atoms. The minimum Gasteiger partial charge on any atom is -0.481 e. The van der Waals surface area contributed by atoms with E-state index >= 15 is 0 Å². The number of ether oxygens (including phenoxy) is 1. The number of carboxylic acids is 1. The summed E-state index contributed by atoms with van der Waals surface area (Å²) < 4.78 is 5.52. The van der Waals surface area contributed by atoms with E-state index in [1.54, 1.807) is 20.8 Å². The summed E-state index contributed by atoms with van der Waals surface area (Å²) in [5.74, 6) is -1.71. The zero-order valence-corrected chi connectivity index (χ0v) is 19.9. The number of benzene rings is 2. The Morgan fingerprint density at radius 2 is 1.59 bits per heavy atom. The second-order valence-corrected chi connectivity index (χ2v) is 9.23. The van der Waals surface area contributed by atoms with Crippen molar-refractivity contribution >= 4 is 18.0 Å². The largest absolute Gasteiger partial charge is 0.481 e. The summed E-state index contributed by atoms with van der Waals surface area (Å²) in [6.07, 6.45) is -1.19. The predicted molar refractivity (Wildman–Crippen MR) is 127 cm³/mol. The Bertz CT molecular complexity index is 1020. The van der Waals surface area contributed by atoms with E-state index in [0.717, 1.165) is 22.3 Å². The highest BCUT2D eigenvalue weighted by Crippen LogP contribution is 2.44. The highest BCUT2D eigenvalue weighted by Gasteiger charge is 2.34. The van der Waals surface area contributed by atoms with Crippen molar-refractivity contribution in [1.82, 2.24) is 10.2 Å². The van der Waals surface area contributed by atoms with Crippen molar-refractivity contribution in [2.75, 3.05) is 13.7 Å². The molecule has 2 aromatic rings. The first-order chi connectivity index (χ1) is 16.0. The summed E-state index contributed by atoms with van der Waals surface area (Å²) in [7, 11) is 1.51. The fourth-order valence-electron chi connectivity index (χ4n) is 4.22. The number of amides is 2. The lowest BCUT2D eigenvalue weighted by Gasteiger charge is -2.36.